The van der Waals surface area contributed by atoms with Gasteiger partial charge < -0.3 is 21.5 Å². The van der Waals surface area contributed by atoms with Crippen LogP contribution in [0.1, 0.15) is 23.7 Å². The summed E-state index contributed by atoms with van der Waals surface area (Å²) < 4.78 is 0. The molecule has 1 atom stereocenters. The second-order valence-electron chi connectivity index (χ2n) is 4.24. The van der Waals surface area contributed by atoms with Crippen LogP contribution in [0.25, 0.3) is 0 Å². The number of phenolic OH excluding ortho intramolecular Hbond substituents is 1. The minimum absolute atomic E-state index is 0. The third kappa shape index (κ3) is 6.40. The average Bonchev–Trinajstić information content (AvgIpc) is 2.37. The molecule has 0 fully saturated rings. The number of nitrogens with one attached hydrogen (secondary N) is 2. The molecule has 0 radical (unpaired) electrons. The summed E-state index contributed by atoms with van der Waals surface area (Å²) in [6.45, 7) is 2.51. The predicted octanol–water partition coefficient (Wildman–Crippen LogP) is 0.397. The number of halogens is 1. The molecule has 0 spiro atoms. The summed E-state index contributed by atoms with van der Waals surface area (Å²) in [5.41, 5.74) is 5.79. The van der Waals surface area contributed by atoms with Crippen molar-refractivity contribution in [3.05, 3.63) is 29.8 Å². The highest BCUT2D eigenvalue weighted by Crippen LogP contribution is 2.10. The van der Waals surface area contributed by atoms with Gasteiger partial charge in [-0.2, -0.15) is 0 Å². The Hall–Kier alpha value is -1.79. The number of hydrogen-bond acceptors (Lipinski definition) is 4. The lowest BCUT2D eigenvalue weighted by Crippen LogP contribution is -2.39. The molecule has 0 aliphatic rings. The van der Waals surface area contributed by atoms with Gasteiger partial charge in [0.2, 0.25) is 5.91 Å². The summed E-state index contributed by atoms with van der Waals surface area (Å²) in [5, 5.41) is 14.6. The molecule has 112 valence electrons. The summed E-state index contributed by atoms with van der Waals surface area (Å²) in [5.74, 6) is -0.412. The summed E-state index contributed by atoms with van der Waals surface area (Å²) >= 11 is 0. The number of carbonyl (C=O) groups is 2. The number of rotatable bonds is 6. The van der Waals surface area contributed by atoms with Crippen LogP contribution < -0.4 is 16.4 Å². The van der Waals surface area contributed by atoms with E-state index in [-0.39, 0.29) is 30.0 Å². The zero-order valence-corrected chi connectivity index (χ0v) is 12.1. The number of benzene rings is 1. The molecule has 0 aliphatic carbocycles. The van der Waals surface area contributed by atoms with Gasteiger partial charge in [-0.05, 0) is 31.5 Å². The first kappa shape index (κ1) is 18.2. The van der Waals surface area contributed by atoms with Crippen molar-refractivity contribution in [2.75, 3.05) is 13.1 Å². The third-order valence-electron chi connectivity index (χ3n) is 2.46. The molecular formula is C13H20ClN3O3. The minimum Gasteiger partial charge on any atom is -0.508 e. The second kappa shape index (κ2) is 9.17. The first-order valence-corrected chi connectivity index (χ1v) is 6.11. The summed E-state index contributed by atoms with van der Waals surface area (Å²) in [6, 6.07) is 5.59. The highest BCUT2D eigenvalue weighted by Gasteiger charge is 2.07. The fourth-order valence-corrected chi connectivity index (χ4v) is 1.41. The number of carbonyl (C=O) groups excluding carboxylic acids is 2. The van der Waals surface area contributed by atoms with Gasteiger partial charge in [-0.1, -0.05) is 6.07 Å². The molecule has 1 unspecified atom stereocenters. The maximum Gasteiger partial charge on any atom is 0.251 e. The molecule has 0 saturated carbocycles. The molecule has 1 aromatic carbocycles. The van der Waals surface area contributed by atoms with Crippen LogP contribution in [0.3, 0.4) is 0 Å². The Kier molecular flexibility index (Phi) is 8.35. The fraction of sp³-hybridized carbons (Fsp3) is 0.385. The van der Waals surface area contributed by atoms with E-state index in [1.807, 2.05) is 0 Å². The van der Waals surface area contributed by atoms with Crippen LogP contribution in [0, 0.1) is 0 Å². The first-order valence-electron chi connectivity index (χ1n) is 6.11. The Morgan fingerprint density at radius 3 is 2.55 bits per heavy atom. The number of aromatic hydroxyl groups is 1. The third-order valence-corrected chi connectivity index (χ3v) is 2.46. The second-order valence-corrected chi connectivity index (χ2v) is 4.24. The van der Waals surface area contributed by atoms with Gasteiger partial charge in [0.15, 0.2) is 0 Å². The molecule has 7 heteroatoms. The van der Waals surface area contributed by atoms with Crippen molar-refractivity contribution in [1.29, 1.82) is 0 Å². The van der Waals surface area contributed by atoms with Gasteiger partial charge in [-0.25, -0.2) is 0 Å². The number of amides is 2. The van der Waals surface area contributed by atoms with Gasteiger partial charge in [-0.15, -0.1) is 12.4 Å². The van der Waals surface area contributed by atoms with E-state index in [1.54, 1.807) is 19.1 Å². The Bertz CT molecular complexity index is 452. The van der Waals surface area contributed by atoms with Gasteiger partial charge >= 0.3 is 0 Å². The molecule has 1 rings (SSSR count). The molecule has 6 nitrogen and oxygen atoms in total. The van der Waals surface area contributed by atoms with Crippen molar-refractivity contribution in [3.63, 3.8) is 0 Å². The Morgan fingerprint density at radius 1 is 1.30 bits per heavy atom. The van der Waals surface area contributed by atoms with Crippen molar-refractivity contribution < 1.29 is 14.7 Å². The van der Waals surface area contributed by atoms with Crippen LogP contribution in [-0.2, 0) is 4.79 Å². The molecule has 0 aliphatic heterocycles. The minimum atomic E-state index is -0.526. The standard InChI is InChI=1S/C13H19N3O3.ClH/c1-9(14)12(18)15-6-3-7-16-13(19)10-4-2-5-11(17)8-10;/h2,4-5,8-9,17H,3,6-7,14H2,1H3,(H,15,18)(H,16,19);1H. The fourth-order valence-electron chi connectivity index (χ4n) is 1.41. The maximum absolute atomic E-state index is 11.7. The van der Waals surface area contributed by atoms with Crippen LogP contribution in [0.15, 0.2) is 24.3 Å². The van der Waals surface area contributed by atoms with Crippen LogP contribution in [0.5, 0.6) is 5.75 Å². The van der Waals surface area contributed by atoms with E-state index in [2.05, 4.69) is 10.6 Å². The molecule has 5 N–H and O–H groups in total. The SMILES string of the molecule is CC(N)C(=O)NCCCNC(=O)c1cccc(O)c1.Cl. The van der Waals surface area contributed by atoms with Crippen LogP contribution in [0.4, 0.5) is 0 Å². The average molecular weight is 302 g/mol. The molecule has 0 saturated heterocycles. The largest absolute Gasteiger partial charge is 0.508 e. The van der Waals surface area contributed by atoms with Crippen LogP contribution in [-0.4, -0.2) is 36.1 Å². The Labute approximate surface area is 124 Å². The van der Waals surface area contributed by atoms with Gasteiger partial charge in [-0.3, -0.25) is 9.59 Å². The molecule has 0 bridgehead atoms. The van der Waals surface area contributed by atoms with Gasteiger partial charge in [0.1, 0.15) is 5.75 Å². The van der Waals surface area contributed by atoms with E-state index in [9.17, 15) is 14.7 Å². The van der Waals surface area contributed by atoms with Crippen LogP contribution in [0.2, 0.25) is 0 Å². The van der Waals surface area contributed by atoms with Crippen molar-refractivity contribution >= 4 is 24.2 Å². The van der Waals surface area contributed by atoms with E-state index in [0.717, 1.165) is 0 Å². The van der Waals surface area contributed by atoms with E-state index < -0.39 is 6.04 Å². The van der Waals surface area contributed by atoms with Crippen molar-refractivity contribution in [1.82, 2.24) is 10.6 Å². The normalized spacial score (nSPS) is 11.1. The summed E-state index contributed by atoms with van der Waals surface area (Å²) in [4.78, 5) is 22.8. The van der Waals surface area contributed by atoms with Gasteiger partial charge in [0.25, 0.3) is 5.91 Å². The van der Waals surface area contributed by atoms with Crippen molar-refractivity contribution in [3.8, 4) is 5.75 Å². The predicted molar refractivity (Wildman–Crippen MR) is 79.0 cm³/mol. The van der Waals surface area contributed by atoms with Gasteiger partial charge in [0.05, 0.1) is 6.04 Å². The molecule has 2 amide bonds. The number of phenols is 1. The molecule has 1 aromatic rings. The Balaban J connectivity index is 0.00000361. The summed E-state index contributed by atoms with van der Waals surface area (Å²) in [6.07, 6.45) is 0.614. The first-order chi connectivity index (χ1) is 9.00. The highest BCUT2D eigenvalue weighted by atomic mass is 35.5. The lowest BCUT2D eigenvalue weighted by Gasteiger charge is -2.08. The Morgan fingerprint density at radius 2 is 1.95 bits per heavy atom. The van der Waals surface area contributed by atoms with Crippen molar-refractivity contribution in [2.45, 2.75) is 19.4 Å². The lowest BCUT2D eigenvalue weighted by molar-refractivity contribution is -0.121. The lowest BCUT2D eigenvalue weighted by atomic mass is 10.2. The van der Waals surface area contributed by atoms with E-state index in [1.165, 1.54) is 12.1 Å². The smallest absolute Gasteiger partial charge is 0.251 e. The monoisotopic (exact) mass is 301 g/mol. The van der Waals surface area contributed by atoms with Crippen molar-refractivity contribution in [2.24, 2.45) is 5.73 Å². The molecule has 0 heterocycles. The van der Waals surface area contributed by atoms with E-state index in [4.69, 9.17) is 5.73 Å². The number of nitrogens with two attached hydrogens (primary N) is 1. The van der Waals surface area contributed by atoms with Crippen LogP contribution >= 0.6 is 12.4 Å². The zero-order valence-electron chi connectivity index (χ0n) is 11.3. The molecule has 20 heavy (non-hydrogen) atoms. The molecule has 0 aromatic heterocycles. The van der Waals surface area contributed by atoms with E-state index in [0.29, 0.717) is 25.1 Å². The quantitative estimate of drug-likeness (QED) is 0.571. The number of hydrogen-bond donors (Lipinski definition) is 4. The molecular weight excluding hydrogens is 282 g/mol. The zero-order chi connectivity index (χ0) is 14.3. The summed E-state index contributed by atoms with van der Waals surface area (Å²) in [7, 11) is 0. The van der Waals surface area contributed by atoms with Gasteiger partial charge in [0, 0.05) is 18.7 Å². The highest BCUT2D eigenvalue weighted by molar-refractivity contribution is 5.94. The van der Waals surface area contributed by atoms with E-state index >= 15 is 0 Å². The topological polar surface area (TPSA) is 104 Å². The maximum atomic E-state index is 11.7.